The summed E-state index contributed by atoms with van der Waals surface area (Å²) in [6.45, 7) is 4.96. The summed E-state index contributed by atoms with van der Waals surface area (Å²) in [7, 11) is 1.66. The summed E-state index contributed by atoms with van der Waals surface area (Å²) in [5.41, 5.74) is 1.76. The number of carbonyl (C=O) groups excluding carboxylic acids is 1. The number of amides is 1. The molecule has 2 aliphatic heterocycles. The molecule has 0 aromatic heterocycles. The van der Waals surface area contributed by atoms with Gasteiger partial charge >= 0.3 is 0 Å². The largest absolute Gasteiger partial charge is 0.497 e. The maximum absolute atomic E-state index is 12.8. The van der Waals surface area contributed by atoms with Crippen LogP contribution in [-0.4, -0.2) is 70.1 Å². The van der Waals surface area contributed by atoms with E-state index in [0.717, 1.165) is 49.6 Å². The molecule has 2 aromatic rings. The molecular formula is C25H32N2O5. The minimum atomic E-state index is -0.0950. The second-order valence-electron chi connectivity index (χ2n) is 8.12. The number of hydrogen-bond acceptors (Lipinski definition) is 6. The van der Waals surface area contributed by atoms with Crippen LogP contribution in [0.5, 0.6) is 11.5 Å². The van der Waals surface area contributed by atoms with Gasteiger partial charge in [0.05, 0.1) is 32.5 Å². The third-order valence-electron chi connectivity index (χ3n) is 6.02. The van der Waals surface area contributed by atoms with Crippen LogP contribution in [0, 0.1) is 0 Å². The van der Waals surface area contributed by atoms with Gasteiger partial charge in [-0.1, -0.05) is 12.1 Å². The molecule has 4 rings (SSSR count). The van der Waals surface area contributed by atoms with Crippen molar-refractivity contribution in [2.75, 3.05) is 53.2 Å². The van der Waals surface area contributed by atoms with Crippen molar-refractivity contribution in [2.24, 2.45) is 0 Å². The van der Waals surface area contributed by atoms with E-state index in [1.54, 1.807) is 19.2 Å². The summed E-state index contributed by atoms with van der Waals surface area (Å²) in [5.74, 6) is 1.48. The zero-order valence-electron chi connectivity index (χ0n) is 18.6. The van der Waals surface area contributed by atoms with Crippen LogP contribution >= 0.6 is 0 Å². The average Bonchev–Trinajstić information content (AvgIpc) is 3.38. The van der Waals surface area contributed by atoms with Crippen molar-refractivity contribution >= 4 is 5.91 Å². The van der Waals surface area contributed by atoms with Gasteiger partial charge < -0.3 is 24.3 Å². The maximum atomic E-state index is 12.8. The van der Waals surface area contributed by atoms with Crippen LogP contribution < -0.4 is 14.8 Å². The molecule has 2 fully saturated rings. The fraction of sp³-hybridized carbons (Fsp3) is 0.480. The van der Waals surface area contributed by atoms with Crippen LogP contribution in [0.4, 0.5) is 0 Å². The van der Waals surface area contributed by atoms with Crippen molar-refractivity contribution in [1.29, 1.82) is 0 Å². The molecule has 7 heteroatoms. The number of benzene rings is 2. The predicted octanol–water partition coefficient (Wildman–Crippen LogP) is 3.06. The summed E-state index contributed by atoms with van der Waals surface area (Å²) in [6, 6.07) is 15.4. The Morgan fingerprint density at radius 3 is 2.44 bits per heavy atom. The fourth-order valence-corrected chi connectivity index (χ4v) is 4.13. The first-order chi connectivity index (χ1) is 15.7. The van der Waals surface area contributed by atoms with Gasteiger partial charge in [0.15, 0.2) is 0 Å². The molecule has 0 aliphatic carbocycles. The SMILES string of the molecule is COc1ccc([C@@H](CNC(=O)c2ccc(OC[C@@H]3CCCO3)cc2)N2CCOCC2)cc1. The first-order valence-corrected chi connectivity index (χ1v) is 11.3. The van der Waals surface area contributed by atoms with Crippen LogP contribution in [-0.2, 0) is 9.47 Å². The Balaban J connectivity index is 1.35. The smallest absolute Gasteiger partial charge is 0.251 e. The van der Waals surface area contributed by atoms with Crippen molar-refractivity contribution in [3.63, 3.8) is 0 Å². The van der Waals surface area contributed by atoms with E-state index >= 15 is 0 Å². The molecule has 2 heterocycles. The first-order valence-electron chi connectivity index (χ1n) is 11.3. The van der Waals surface area contributed by atoms with Crippen molar-refractivity contribution in [1.82, 2.24) is 10.2 Å². The van der Waals surface area contributed by atoms with Gasteiger partial charge in [-0.25, -0.2) is 0 Å². The minimum absolute atomic E-state index is 0.0720. The predicted molar refractivity (Wildman–Crippen MR) is 121 cm³/mol. The van der Waals surface area contributed by atoms with E-state index < -0.39 is 0 Å². The molecule has 2 aromatic carbocycles. The zero-order chi connectivity index (χ0) is 22.2. The van der Waals surface area contributed by atoms with E-state index in [1.165, 1.54) is 0 Å². The molecule has 2 saturated heterocycles. The monoisotopic (exact) mass is 440 g/mol. The average molecular weight is 441 g/mol. The molecule has 2 atom stereocenters. The number of carbonyl (C=O) groups is 1. The highest BCUT2D eigenvalue weighted by molar-refractivity contribution is 5.94. The van der Waals surface area contributed by atoms with Crippen LogP contribution in [0.1, 0.15) is 34.8 Å². The lowest BCUT2D eigenvalue weighted by Gasteiger charge is -2.35. The van der Waals surface area contributed by atoms with Gasteiger partial charge in [0, 0.05) is 31.8 Å². The summed E-state index contributed by atoms with van der Waals surface area (Å²) >= 11 is 0. The van der Waals surface area contributed by atoms with Gasteiger partial charge in [-0.05, 0) is 54.8 Å². The Bertz CT molecular complexity index is 844. The molecule has 0 saturated carbocycles. The van der Waals surface area contributed by atoms with Gasteiger partial charge in [-0.2, -0.15) is 0 Å². The standard InChI is InChI=1S/C25H32N2O5/c1-29-21-8-4-19(5-9-21)24(27-12-15-30-16-13-27)17-26-25(28)20-6-10-22(11-7-20)32-18-23-3-2-14-31-23/h4-11,23-24H,2-3,12-18H2,1H3,(H,26,28)/t23-,24+/m0/s1. The van der Waals surface area contributed by atoms with Crippen molar-refractivity contribution < 1.29 is 23.7 Å². The Morgan fingerprint density at radius 2 is 1.78 bits per heavy atom. The first kappa shape index (κ1) is 22.6. The van der Waals surface area contributed by atoms with Gasteiger partial charge in [0.25, 0.3) is 5.91 Å². The molecule has 1 N–H and O–H groups in total. The second-order valence-corrected chi connectivity index (χ2v) is 8.12. The van der Waals surface area contributed by atoms with Crippen molar-refractivity contribution in [3.8, 4) is 11.5 Å². The number of hydrogen-bond donors (Lipinski definition) is 1. The molecule has 0 unspecified atom stereocenters. The normalized spacial score (nSPS) is 20.0. The molecule has 172 valence electrons. The lowest BCUT2D eigenvalue weighted by molar-refractivity contribution is 0.0162. The molecular weight excluding hydrogens is 408 g/mol. The summed E-state index contributed by atoms with van der Waals surface area (Å²) in [5, 5.41) is 3.11. The Morgan fingerprint density at radius 1 is 1.06 bits per heavy atom. The van der Waals surface area contributed by atoms with E-state index in [0.29, 0.717) is 31.9 Å². The number of methoxy groups -OCH3 is 1. The van der Waals surface area contributed by atoms with Gasteiger partial charge in [-0.15, -0.1) is 0 Å². The van der Waals surface area contributed by atoms with Crippen molar-refractivity contribution in [3.05, 3.63) is 59.7 Å². The van der Waals surface area contributed by atoms with Gasteiger partial charge in [0.2, 0.25) is 0 Å². The van der Waals surface area contributed by atoms with Crippen molar-refractivity contribution in [2.45, 2.75) is 25.0 Å². The Kier molecular flexibility index (Phi) is 7.98. The molecule has 0 radical (unpaired) electrons. The zero-order valence-corrected chi connectivity index (χ0v) is 18.6. The lowest BCUT2D eigenvalue weighted by atomic mass is 10.0. The van der Waals surface area contributed by atoms with Crippen LogP contribution in [0.2, 0.25) is 0 Å². The molecule has 0 spiro atoms. The van der Waals surface area contributed by atoms with Gasteiger partial charge in [0.1, 0.15) is 18.1 Å². The van der Waals surface area contributed by atoms with E-state index in [-0.39, 0.29) is 18.1 Å². The molecule has 7 nitrogen and oxygen atoms in total. The number of nitrogens with zero attached hydrogens (tertiary/aromatic N) is 1. The number of ether oxygens (including phenoxy) is 4. The lowest BCUT2D eigenvalue weighted by Crippen LogP contribution is -2.43. The quantitative estimate of drug-likeness (QED) is 0.646. The highest BCUT2D eigenvalue weighted by atomic mass is 16.5. The molecule has 32 heavy (non-hydrogen) atoms. The molecule has 2 aliphatic rings. The number of rotatable bonds is 9. The topological polar surface area (TPSA) is 69.3 Å². The van der Waals surface area contributed by atoms with E-state index in [1.807, 2.05) is 24.3 Å². The van der Waals surface area contributed by atoms with E-state index in [9.17, 15) is 4.79 Å². The third kappa shape index (κ3) is 6.00. The fourth-order valence-electron chi connectivity index (χ4n) is 4.13. The Hall–Kier alpha value is -2.61. The maximum Gasteiger partial charge on any atom is 0.251 e. The third-order valence-corrected chi connectivity index (χ3v) is 6.02. The van der Waals surface area contributed by atoms with E-state index in [2.05, 4.69) is 22.3 Å². The van der Waals surface area contributed by atoms with Gasteiger partial charge in [-0.3, -0.25) is 9.69 Å². The summed E-state index contributed by atoms with van der Waals surface area (Å²) in [4.78, 5) is 15.2. The molecule has 0 bridgehead atoms. The summed E-state index contributed by atoms with van der Waals surface area (Å²) in [6.07, 6.45) is 2.31. The number of nitrogens with one attached hydrogen (secondary N) is 1. The highest BCUT2D eigenvalue weighted by Crippen LogP contribution is 2.24. The van der Waals surface area contributed by atoms with Crippen LogP contribution in [0.25, 0.3) is 0 Å². The number of morpholine rings is 1. The highest BCUT2D eigenvalue weighted by Gasteiger charge is 2.23. The second kappa shape index (κ2) is 11.3. The summed E-state index contributed by atoms with van der Waals surface area (Å²) < 4.78 is 22.2. The Labute approximate surface area is 189 Å². The molecule has 1 amide bonds. The van der Waals surface area contributed by atoms with E-state index in [4.69, 9.17) is 18.9 Å². The minimum Gasteiger partial charge on any atom is -0.497 e. The van der Waals surface area contributed by atoms with Crippen LogP contribution in [0.15, 0.2) is 48.5 Å². The van der Waals surface area contributed by atoms with Crippen LogP contribution in [0.3, 0.4) is 0 Å².